The first-order valence-electron chi connectivity index (χ1n) is 8.86. The van der Waals surface area contributed by atoms with Crippen LogP contribution >= 0.6 is 0 Å². The van der Waals surface area contributed by atoms with Crippen molar-refractivity contribution >= 4 is 5.78 Å². The van der Waals surface area contributed by atoms with Gasteiger partial charge >= 0.3 is 0 Å². The predicted octanol–water partition coefficient (Wildman–Crippen LogP) is 1.99. The van der Waals surface area contributed by atoms with Gasteiger partial charge in [0.1, 0.15) is 18.9 Å². The first-order chi connectivity index (χ1) is 11.2. The normalized spacial score (nSPS) is 21.1. The Hall–Kier alpha value is -1.39. The monoisotopic (exact) mass is 320 g/mol. The van der Waals surface area contributed by atoms with Gasteiger partial charge < -0.3 is 14.4 Å². The molecule has 1 heterocycles. The van der Waals surface area contributed by atoms with Crippen LogP contribution in [0.1, 0.15) is 43.5 Å². The van der Waals surface area contributed by atoms with E-state index in [4.69, 9.17) is 9.47 Å². The maximum Gasteiger partial charge on any atom is 0.162 e. The zero-order valence-corrected chi connectivity index (χ0v) is 14.5. The van der Waals surface area contributed by atoms with Gasteiger partial charge in [0, 0.05) is 12.0 Å². The number of quaternary nitrogens is 1. The minimum Gasteiger partial charge on any atom is -0.491 e. The van der Waals surface area contributed by atoms with Gasteiger partial charge in [-0.25, -0.2) is 0 Å². The summed E-state index contributed by atoms with van der Waals surface area (Å²) in [6.45, 7) is 9.84. The van der Waals surface area contributed by atoms with Crippen LogP contribution in [0, 0.1) is 5.92 Å². The van der Waals surface area contributed by atoms with Gasteiger partial charge in [0.15, 0.2) is 5.78 Å². The second-order valence-electron chi connectivity index (χ2n) is 6.44. The Morgan fingerprint density at radius 2 is 1.83 bits per heavy atom. The van der Waals surface area contributed by atoms with Crippen molar-refractivity contribution in [3.63, 3.8) is 0 Å². The van der Waals surface area contributed by atoms with Crippen LogP contribution in [0.2, 0.25) is 0 Å². The maximum absolute atomic E-state index is 11.5. The molecule has 128 valence electrons. The van der Waals surface area contributed by atoms with E-state index in [9.17, 15) is 4.79 Å². The largest absolute Gasteiger partial charge is 0.491 e. The molecule has 0 unspecified atom stereocenters. The van der Waals surface area contributed by atoms with E-state index in [0.29, 0.717) is 19.6 Å². The van der Waals surface area contributed by atoms with Gasteiger partial charge in [0.2, 0.25) is 0 Å². The number of ketones is 1. The minimum atomic E-state index is 0.162. The van der Waals surface area contributed by atoms with E-state index in [1.165, 1.54) is 25.9 Å². The lowest BCUT2D eigenvalue weighted by molar-refractivity contribution is -0.906. The van der Waals surface area contributed by atoms with Crippen molar-refractivity contribution in [2.24, 2.45) is 5.92 Å². The molecule has 0 saturated carbocycles. The Labute approximate surface area is 139 Å². The number of hydrogen-bond acceptors (Lipinski definition) is 3. The van der Waals surface area contributed by atoms with Gasteiger partial charge in [-0.15, -0.1) is 0 Å². The van der Waals surface area contributed by atoms with Crippen molar-refractivity contribution in [3.05, 3.63) is 29.8 Å². The van der Waals surface area contributed by atoms with Gasteiger partial charge in [0.25, 0.3) is 0 Å². The van der Waals surface area contributed by atoms with Crippen LogP contribution in [-0.4, -0.2) is 45.2 Å². The van der Waals surface area contributed by atoms with Gasteiger partial charge in [-0.3, -0.25) is 4.79 Å². The van der Waals surface area contributed by atoms with Crippen LogP contribution in [0.4, 0.5) is 0 Å². The first kappa shape index (κ1) is 18.0. The average Bonchev–Trinajstić information content (AvgIpc) is 2.59. The highest BCUT2D eigenvalue weighted by Gasteiger charge is 2.18. The molecule has 0 radical (unpaired) electrons. The van der Waals surface area contributed by atoms with Crippen molar-refractivity contribution in [2.45, 2.75) is 33.1 Å². The van der Waals surface area contributed by atoms with E-state index in [1.807, 2.05) is 31.2 Å². The molecule has 0 spiro atoms. The number of carbonyl (C=O) groups excluding carboxylic acids is 1. The van der Waals surface area contributed by atoms with Crippen LogP contribution in [0.3, 0.4) is 0 Å². The van der Waals surface area contributed by atoms with Crippen molar-refractivity contribution in [2.75, 3.05) is 39.5 Å². The molecule has 4 nitrogen and oxygen atoms in total. The van der Waals surface area contributed by atoms with Crippen LogP contribution in [-0.2, 0) is 4.74 Å². The van der Waals surface area contributed by atoms with Crippen molar-refractivity contribution in [1.29, 1.82) is 0 Å². The first-order valence-corrected chi connectivity index (χ1v) is 8.86. The molecule has 1 N–H and O–H groups in total. The molecule has 0 amide bonds. The lowest BCUT2D eigenvalue weighted by Gasteiger charge is -2.27. The zero-order valence-electron chi connectivity index (χ0n) is 14.5. The molecule has 0 bridgehead atoms. The average molecular weight is 320 g/mol. The van der Waals surface area contributed by atoms with E-state index < -0.39 is 0 Å². The van der Waals surface area contributed by atoms with E-state index in [0.717, 1.165) is 30.4 Å². The summed E-state index contributed by atoms with van der Waals surface area (Å²) in [5.41, 5.74) is 0.745. The molecule has 0 aliphatic carbocycles. The third-order valence-electron chi connectivity index (χ3n) is 4.58. The van der Waals surface area contributed by atoms with E-state index >= 15 is 0 Å². The summed E-state index contributed by atoms with van der Waals surface area (Å²) in [6, 6.07) is 7.34. The smallest absolute Gasteiger partial charge is 0.162 e. The van der Waals surface area contributed by atoms with Crippen LogP contribution < -0.4 is 9.64 Å². The Morgan fingerprint density at radius 1 is 1.13 bits per heavy atom. The third kappa shape index (κ3) is 6.32. The highest BCUT2D eigenvalue weighted by atomic mass is 16.5. The fourth-order valence-corrected chi connectivity index (χ4v) is 2.90. The summed E-state index contributed by atoms with van der Waals surface area (Å²) >= 11 is 0. The van der Waals surface area contributed by atoms with Crippen molar-refractivity contribution < 1.29 is 19.2 Å². The summed E-state index contributed by atoms with van der Waals surface area (Å²) in [7, 11) is 0. The standard InChI is InChI=1S/C19H29NO3/c1-3-19(21)17-4-6-18(7-5-17)23-15-14-22-13-12-20-10-8-16(2)9-11-20/h4-7,16H,3,8-15H2,1-2H3/p+1. The number of benzene rings is 1. The van der Waals surface area contributed by atoms with Crippen LogP contribution in [0.15, 0.2) is 24.3 Å². The number of Topliss-reactive ketones (excluding diaryl/α,β-unsaturated/α-hetero) is 1. The number of hydrogen-bond donors (Lipinski definition) is 1. The number of ether oxygens (including phenoxy) is 2. The fraction of sp³-hybridized carbons (Fsp3) is 0.632. The highest BCUT2D eigenvalue weighted by Crippen LogP contribution is 2.13. The van der Waals surface area contributed by atoms with Crippen LogP contribution in [0.25, 0.3) is 0 Å². The molecule has 1 aliphatic rings. The summed E-state index contributed by atoms with van der Waals surface area (Å²) in [4.78, 5) is 13.2. The topological polar surface area (TPSA) is 40.0 Å². The Morgan fingerprint density at radius 3 is 2.48 bits per heavy atom. The minimum absolute atomic E-state index is 0.162. The highest BCUT2D eigenvalue weighted by molar-refractivity contribution is 5.95. The number of nitrogens with one attached hydrogen (secondary N) is 1. The number of likely N-dealkylation sites (tertiary alicyclic amines) is 1. The third-order valence-corrected chi connectivity index (χ3v) is 4.58. The van der Waals surface area contributed by atoms with Gasteiger partial charge in [-0.2, -0.15) is 0 Å². The molecule has 0 aromatic heterocycles. The lowest BCUT2D eigenvalue weighted by atomic mass is 9.99. The summed E-state index contributed by atoms with van der Waals surface area (Å²) in [5.74, 6) is 1.85. The quantitative estimate of drug-likeness (QED) is 0.559. The van der Waals surface area contributed by atoms with E-state index in [2.05, 4.69) is 6.92 Å². The van der Waals surface area contributed by atoms with Crippen molar-refractivity contribution in [3.8, 4) is 5.75 Å². The molecule has 0 atom stereocenters. The molecular weight excluding hydrogens is 290 g/mol. The Bertz CT molecular complexity index is 464. The molecule has 4 heteroatoms. The van der Waals surface area contributed by atoms with E-state index in [-0.39, 0.29) is 5.78 Å². The molecule has 1 saturated heterocycles. The second-order valence-corrected chi connectivity index (χ2v) is 6.44. The summed E-state index contributed by atoms with van der Waals surface area (Å²) < 4.78 is 11.3. The fourth-order valence-electron chi connectivity index (χ4n) is 2.90. The maximum atomic E-state index is 11.5. The van der Waals surface area contributed by atoms with Crippen LogP contribution in [0.5, 0.6) is 5.75 Å². The molecule has 1 aromatic carbocycles. The number of carbonyl (C=O) groups is 1. The molecule has 1 aliphatic heterocycles. The SMILES string of the molecule is CCC(=O)c1ccc(OCCOCC[NH+]2CCC(C)CC2)cc1. The van der Waals surface area contributed by atoms with Gasteiger partial charge in [-0.1, -0.05) is 13.8 Å². The second kappa shape index (κ2) is 9.68. The molecule has 2 rings (SSSR count). The zero-order chi connectivity index (χ0) is 16.5. The van der Waals surface area contributed by atoms with Crippen molar-refractivity contribution in [1.82, 2.24) is 0 Å². The summed E-state index contributed by atoms with van der Waals surface area (Å²) in [6.07, 6.45) is 3.22. The lowest BCUT2D eigenvalue weighted by Crippen LogP contribution is -3.13. The van der Waals surface area contributed by atoms with E-state index in [1.54, 1.807) is 4.90 Å². The molecular formula is C19H30NO3+. The molecule has 1 aromatic rings. The Kier molecular flexibility index (Phi) is 7.56. The molecule has 23 heavy (non-hydrogen) atoms. The number of piperidine rings is 1. The van der Waals surface area contributed by atoms with Gasteiger partial charge in [-0.05, 0) is 43.0 Å². The van der Waals surface area contributed by atoms with Gasteiger partial charge in [0.05, 0.1) is 26.3 Å². The molecule has 1 fully saturated rings. The summed E-state index contributed by atoms with van der Waals surface area (Å²) in [5, 5.41) is 0. The number of rotatable bonds is 9. The Balaban J connectivity index is 1.54. The predicted molar refractivity (Wildman–Crippen MR) is 91.3 cm³/mol.